The topological polar surface area (TPSA) is 71.8 Å². The quantitative estimate of drug-likeness (QED) is 0.656. The molecule has 0 bridgehead atoms. The zero-order valence-corrected chi connectivity index (χ0v) is 15.6. The highest BCUT2D eigenvalue weighted by Gasteiger charge is 2.29. The smallest absolute Gasteiger partial charge is 0.338 e. The highest BCUT2D eigenvalue weighted by Crippen LogP contribution is 2.29. The van der Waals surface area contributed by atoms with Crippen molar-refractivity contribution in [3.8, 4) is 5.69 Å². The summed E-state index contributed by atoms with van der Waals surface area (Å²) in [5, 5.41) is 9.60. The Morgan fingerprint density at radius 1 is 1.10 bits per heavy atom. The number of carbonyl (C=O) groups is 1. The third kappa shape index (κ3) is 5.56. The fourth-order valence-electron chi connectivity index (χ4n) is 2.77. The van der Waals surface area contributed by atoms with E-state index in [1.807, 2.05) is 31.2 Å². The number of benzene rings is 2. The van der Waals surface area contributed by atoms with Crippen LogP contribution in [0.25, 0.3) is 5.69 Å². The molecule has 29 heavy (non-hydrogen) atoms. The van der Waals surface area contributed by atoms with Crippen molar-refractivity contribution >= 4 is 6.03 Å². The Kier molecular flexibility index (Phi) is 6.16. The molecule has 0 fully saturated rings. The van der Waals surface area contributed by atoms with Gasteiger partial charge in [-0.1, -0.05) is 24.3 Å². The van der Waals surface area contributed by atoms with Crippen LogP contribution in [-0.4, -0.2) is 27.3 Å². The predicted octanol–water partition coefficient (Wildman–Crippen LogP) is 3.89. The number of aromatic nitrogens is 3. The number of nitrogens with zero attached hydrogens (tertiary/aromatic N) is 3. The van der Waals surface area contributed by atoms with Crippen molar-refractivity contribution in [2.45, 2.75) is 25.6 Å². The second kappa shape index (κ2) is 8.76. The monoisotopic (exact) mass is 403 g/mol. The number of amides is 2. The standard InChI is InChI=1S/C20H20F3N5O/c1-14(16-4-8-18(9-5-16)28-13-24-12-26-28)27-19(29)25-11-10-15-2-6-17(7-3-15)20(21,22)23/h2-9,12-14H,10-11H2,1H3,(H2,25,27,29). The first-order valence-corrected chi connectivity index (χ1v) is 8.98. The van der Waals surface area contributed by atoms with Crippen LogP contribution in [-0.2, 0) is 12.6 Å². The fraction of sp³-hybridized carbons (Fsp3) is 0.250. The highest BCUT2D eigenvalue weighted by molar-refractivity contribution is 5.74. The maximum atomic E-state index is 12.6. The van der Waals surface area contributed by atoms with E-state index in [2.05, 4.69) is 20.7 Å². The van der Waals surface area contributed by atoms with Crippen LogP contribution < -0.4 is 10.6 Å². The summed E-state index contributed by atoms with van der Waals surface area (Å²) in [5.41, 5.74) is 1.82. The van der Waals surface area contributed by atoms with E-state index in [9.17, 15) is 18.0 Å². The van der Waals surface area contributed by atoms with Crippen LogP contribution in [0.5, 0.6) is 0 Å². The maximum Gasteiger partial charge on any atom is 0.416 e. The number of hydrogen-bond donors (Lipinski definition) is 2. The van der Waals surface area contributed by atoms with E-state index >= 15 is 0 Å². The Morgan fingerprint density at radius 3 is 2.38 bits per heavy atom. The Morgan fingerprint density at radius 2 is 1.79 bits per heavy atom. The summed E-state index contributed by atoms with van der Waals surface area (Å²) in [7, 11) is 0. The van der Waals surface area contributed by atoms with Gasteiger partial charge in [0.05, 0.1) is 17.3 Å². The largest absolute Gasteiger partial charge is 0.416 e. The molecule has 2 aromatic carbocycles. The highest BCUT2D eigenvalue weighted by atomic mass is 19.4. The molecule has 0 aliphatic rings. The van der Waals surface area contributed by atoms with Crippen molar-refractivity contribution in [3.63, 3.8) is 0 Å². The predicted molar refractivity (Wildman–Crippen MR) is 101 cm³/mol. The van der Waals surface area contributed by atoms with Gasteiger partial charge in [-0.25, -0.2) is 14.5 Å². The van der Waals surface area contributed by atoms with E-state index in [1.165, 1.54) is 18.5 Å². The van der Waals surface area contributed by atoms with Crippen LogP contribution in [0.4, 0.5) is 18.0 Å². The molecule has 152 valence electrons. The van der Waals surface area contributed by atoms with Gasteiger partial charge >= 0.3 is 12.2 Å². The molecule has 9 heteroatoms. The number of nitrogens with one attached hydrogen (secondary N) is 2. The summed E-state index contributed by atoms with van der Waals surface area (Å²) < 4.78 is 39.3. The molecule has 0 saturated carbocycles. The summed E-state index contributed by atoms with van der Waals surface area (Å²) in [6.07, 6.45) is -0.860. The number of carbonyl (C=O) groups excluding carboxylic acids is 1. The number of alkyl halides is 3. The lowest BCUT2D eigenvalue weighted by Gasteiger charge is -2.15. The first-order valence-electron chi connectivity index (χ1n) is 8.98. The van der Waals surface area contributed by atoms with Gasteiger partial charge in [-0.3, -0.25) is 0 Å². The van der Waals surface area contributed by atoms with E-state index < -0.39 is 11.7 Å². The minimum absolute atomic E-state index is 0.217. The second-order valence-corrected chi connectivity index (χ2v) is 6.50. The number of urea groups is 1. The first-order chi connectivity index (χ1) is 13.8. The molecule has 0 aliphatic carbocycles. The van der Waals surface area contributed by atoms with Crippen LogP contribution in [0.2, 0.25) is 0 Å². The number of hydrogen-bond acceptors (Lipinski definition) is 3. The Labute approximate surface area is 165 Å². The lowest BCUT2D eigenvalue weighted by atomic mass is 10.1. The molecule has 1 aromatic heterocycles. The zero-order chi connectivity index (χ0) is 20.9. The molecule has 6 nitrogen and oxygen atoms in total. The molecule has 0 saturated heterocycles. The van der Waals surface area contributed by atoms with Crippen molar-refractivity contribution < 1.29 is 18.0 Å². The zero-order valence-electron chi connectivity index (χ0n) is 15.6. The Bertz CT molecular complexity index is 922. The minimum atomic E-state index is -4.35. The van der Waals surface area contributed by atoms with Gasteiger partial charge in [0.1, 0.15) is 12.7 Å². The summed E-state index contributed by atoms with van der Waals surface area (Å²) in [6, 6.07) is 11.9. The number of rotatable bonds is 6. The number of halogens is 3. The van der Waals surface area contributed by atoms with E-state index in [-0.39, 0.29) is 12.1 Å². The van der Waals surface area contributed by atoms with E-state index in [0.717, 1.165) is 28.9 Å². The van der Waals surface area contributed by atoms with Crippen molar-refractivity contribution in [1.82, 2.24) is 25.4 Å². The molecule has 2 N–H and O–H groups in total. The molecule has 0 spiro atoms. The average Bonchev–Trinajstić information content (AvgIpc) is 3.22. The van der Waals surface area contributed by atoms with Crippen LogP contribution in [0.15, 0.2) is 61.2 Å². The van der Waals surface area contributed by atoms with E-state index in [4.69, 9.17) is 0 Å². The molecule has 2 amide bonds. The van der Waals surface area contributed by atoms with Gasteiger partial charge in [-0.15, -0.1) is 0 Å². The van der Waals surface area contributed by atoms with E-state index in [1.54, 1.807) is 11.0 Å². The summed E-state index contributed by atoms with van der Waals surface area (Å²) in [6.45, 7) is 2.18. The Hall–Kier alpha value is -3.36. The molecular formula is C20H20F3N5O. The third-order valence-electron chi connectivity index (χ3n) is 4.40. The minimum Gasteiger partial charge on any atom is -0.338 e. The molecule has 1 atom stereocenters. The third-order valence-corrected chi connectivity index (χ3v) is 4.40. The van der Waals surface area contributed by atoms with Crippen LogP contribution in [0, 0.1) is 0 Å². The van der Waals surface area contributed by atoms with Crippen molar-refractivity contribution in [1.29, 1.82) is 0 Å². The summed E-state index contributed by atoms with van der Waals surface area (Å²) in [5.74, 6) is 0. The van der Waals surface area contributed by atoms with Crippen molar-refractivity contribution in [3.05, 3.63) is 77.9 Å². The summed E-state index contributed by atoms with van der Waals surface area (Å²) in [4.78, 5) is 16.0. The Balaban J connectivity index is 1.45. The molecular weight excluding hydrogens is 383 g/mol. The van der Waals surface area contributed by atoms with Gasteiger partial charge in [-0.05, 0) is 48.7 Å². The SMILES string of the molecule is CC(NC(=O)NCCc1ccc(C(F)(F)F)cc1)c1ccc(-n2cncn2)cc1. The molecule has 3 rings (SSSR count). The molecule has 3 aromatic rings. The van der Waals surface area contributed by atoms with Crippen molar-refractivity contribution in [2.24, 2.45) is 0 Å². The summed E-state index contributed by atoms with van der Waals surface area (Å²) >= 11 is 0. The molecule has 1 heterocycles. The molecule has 1 unspecified atom stereocenters. The van der Waals surface area contributed by atoms with Gasteiger partial charge in [0.25, 0.3) is 0 Å². The first kappa shape index (κ1) is 20.4. The van der Waals surface area contributed by atoms with Gasteiger partial charge in [0.2, 0.25) is 0 Å². The van der Waals surface area contributed by atoms with Gasteiger partial charge in [-0.2, -0.15) is 18.3 Å². The maximum absolute atomic E-state index is 12.6. The average molecular weight is 403 g/mol. The molecule has 0 aliphatic heterocycles. The van der Waals surface area contributed by atoms with E-state index in [0.29, 0.717) is 13.0 Å². The van der Waals surface area contributed by atoms with Crippen LogP contribution in [0.1, 0.15) is 29.7 Å². The lowest BCUT2D eigenvalue weighted by molar-refractivity contribution is -0.137. The lowest BCUT2D eigenvalue weighted by Crippen LogP contribution is -2.38. The van der Waals surface area contributed by atoms with Gasteiger partial charge < -0.3 is 10.6 Å². The normalized spacial score (nSPS) is 12.4. The van der Waals surface area contributed by atoms with Crippen LogP contribution >= 0.6 is 0 Å². The van der Waals surface area contributed by atoms with Gasteiger partial charge in [0, 0.05) is 6.54 Å². The van der Waals surface area contributed by atoms with Crippen LogP contribution in [0.3, 0.4) is 0 Å². The van der Waals surface area contributed by atoms with Crippen molar-refractivity contribution in [2.75, 3.05) is 6.54 Å². The fourth-order valence-corrected chi connectivity index (χ4v) is 2.77. The molecule has 0 radical (unpaired) electrons. The second-order valence-electron chi connectivity index (χ2n) is 6.50. The van der Waals surface area contributed by atoms with Gasteiger partial charge in [0.15, 0.2) is 0 Å².